The van der Waals surface area contributed by atoms with E-state index in [1.165, 1.54) is 5.56 Å². The maximum atomic E-state index is 12.7. The second-order valence-corrected chi connectivity index (χ2v) is 7.68. The molecule has 0 bridgehead atoms. The summed E-state index contributed by atoms with van der Waals surface area (Å²) in [6.07, 6.45) is 0.153. The summed E-state index contributed by atoms with van der Waals surface area (Å²) >= 11 is 0. The number of carbonyl (C=O) groups excluding carboxylic acids is 1. The zero-order chi connectivity index (χ0) is 19.4. The van der Waals surface area contributed by atoms with Crippen LogP contribution in [-0.4, -0.2) is 36.1 Å². The van der Waals surface area contributed by atoms with Crippen LogP contribution < -0.4 is 4.74 Å². The molecule has 2 atom stereocenters. The van der Waals surface area contributed by atoms with Gasteiger partial charge in [-0.2, -0.15) is 0 Å². The van der Waals surface area contributed by atoms with Gasteiger partial charge in [0.15, 0.2) is 0 Å². The smallest absolute Gasteiger partial charge is 0.254 e. The Kier molecular flexibility index (Phi) is 6.17. The Bertz CT molecular complexity index is 742. The summed E-state index contributed by atoms with van der Waals surface area (Å²) in [5, 5.41) is 0. The lowest BCUT2D eigenvalue weighted by atomic mass is 10.0. The molecule has 1 heterocycles. The SMILES string of the molecule is CC(C)c1ccc(OCc2ccc(C(=O)N3C[C@@H](C)O[C@@H](C)C3)cc2)cc1. The predicted octanol–water partition coefficient (Wildman–Crippen LogP) is 4.64. The van der Waals surface area contributed by atoms with E-state index in [-0.39, 0.29) is 18.1 Å². The summed E-state index contributed by atoms with van der Waals surface area (Å²) in [5.74, 6) is 1.44. The normalized spacial score (nSPS) is 20.0. The van der Waals surface area contributed by atoms with Gasteiger partial charge in [0, 0.05) is 18.7 Å². The van der Waals surface area contributed by atoms with Crippen LogP contribution in [0.4, 0.5) is 0 Å². The summed E-state index contributed by atoms with van der Waals surface area (Å²) in [6, 6.07) is 15.9. The van der Waals surface area contributed by atoms with Crippen LogP contribution in [0.15, 0.2) is 48.5 Å². The van der Waals surface area contributed by atoms with Gasteiger partial charge in [0.2, 0.25) is 0 Å². The maximum absolute atomic E-state index is 12.7. The van der Waals surface area contributed by atoms with Crippen molar-refractivity contribution in [1.29, 1.82) is 0 Å². The van der Waals surface area contributed by atoms with Gasteiger partial charge in [-0.3, -0.25) is 4.79 Å². The van der Waals surface area contributed by atoms with Gasteiger partial charge in [0.25, 0.3) is 5.91 Å². The van der Waals surface area contributed by atoms with Gasteiger partial charge in [-0.1, -0.05) is 38.1 Å². The average Bonchev–Trinajstić information content (AvgIpc) is 2.66. The van der Waals surface area contributed by atoms with E-state index >= 15 is 0 Å². The number of morpholine rings is 1. The number of nitrogens with zero attached hydrogens (tertiary/aromatic N) is 1. The molecule has 0 N–H and O–H groups in total. The van der Waals surface area contributed by atoms with Crippen LogP contribution in [0, 0.1) is 0 Å². The molecule has 0 radical (unpaired) electrons. The number of amides is 1. The minimum absolute atomic E-state index is 0.0637. The summed E-state index contributed by atoms with van der Waals surface area (Å²) in [4.78, 5) is 14.6. The molecule has 2 aromatic rings. The van der Waals surface area contributed by atoms with Crippen molar-refractivity contribution in [3.63, 3.8) is 0 Å². The van der Waals surface area contributed by atoms with E-state index in [0.717, 1.165) is 11.3 Å². The van der Waals surface area contributed by atoms with Crippen molar-refractivity contribution in [2.45, 2.75) is 52.4 Å². The minimum Gasteiger partial charge on any atom is -0.489 e. The fourth-order valence-corrected chi connectivity index (χ4v) is 3.39. The highest BCUT2D eigenvalue weighted by Gasteiger charge is 2.26. The molecule has 27 heavy (non-hydrogen) atoms. The standard InChI is InChI=1S/C23H29NO3/c1-16(2)20-9-11-22(12-10-20)26-15-19-5-7-21(8-6-19)23(25)24-13-17(3)27-18(4)14-24/h5-12,16-18H,13-15H2,1-4H3/t17-,18+. The van der Waals surface area contributed by atoms with E-state index in [4.69, 9.17) is 9.47 Å². The number of carbonyl (C=O) groups is 1. The fraction of sp³-hybridized carbons (Fsp3) is 0.435. The second kappa shape index (κ2) is 8.57. The molecule has 0 spiro atoms. The summed E-state index contributed by atoms with van der Waals surface area (Å²) in [6.45, 7) is 10.1. The highest BCUT2D eigenvalue weighted by Crippen LogP contribution is 2.20. The maximum Gasteiger partial charge on any atom is 0.254 e. The second-order valence-electron chi connectivity index (χ2n) is 7.68. The first kappa shape index (κ1) is 19.4. The van der Waals surface area contributed by atoms with Crippen LogP contribution >= 0.6 is 0 Å². The van der Waals surface area contributed by atoms with Crippen molar-refractivity contribution < 1.29 is 14.3 Å². The summed E-state index contributed by atoms with van der Waals surface area (Å²) < 4.78 is 11.6. The Balaban J connectivity index is 1.57. The third kappa shape index (κ3) is 5.10. The molecule has 1 aliphatic rings. The summed E-state index contributed by atoms with van der Waals surface area (Å²) in [5.41, 5.74) is 3.06. The Morgan fingerprint density at radius 2 is 1.63 bits per heavy atom. The molecule has 3 rings (SSSR count). The molecule has 4 heteroatoms. The lowest BCUT2D eigenvalue weighted by molar-refractivity contribution is -0.0586. The molecule has 0 unspecified atom stereocenters. The van der Waals surface area contributed by atoms with E-state index in [0.29, 0.717) is 31.2 Å². The minimum atomic E-state index is 0.0637. The van der Waals surface area contributed by atoms with Crippen molar-refractivity contribution in [2.75, 3.05) is 13.1 Å². The number of rotatable bonds is 5. The first-order chi connectivity index (χ1) is 12.9. The van der Waals surface area contributed by atoms with Crippen molar-refractivity contribution in [1.82, 2.24) is 4.90 Å². The quantitative estimate of drug-likeness (QED) is 0.773. The van der Waals surface area contributed by atoms with E-state index < -0.39 is 0 Å². The largest absolute Gasteiger partial charge is 0.489 e. The van der Waals surface area contributed by atoms with Crippen LogP contribution in [0.25, 0.3) is 0 Å². The molecule has 0 saturated carbocycles. The van der Waals surface area contributed by atoms with Crippen LogP contribution in [0.1, 0.15) is 55.1 Å². The average molecular weight is 367 g/mol. The third-order valence-corrected chi connectivity index (χ3v) is 4.86. The van der Waals surface area contributed by atoms with E-state index in [2.05, 4.69) is 26.0 Å². The Labute approximate surface area is 162 Å². The van der Waals surface area contributed by atoms with Gasteiger partial charge in [0.05, 0.1) is 12.2 Å². The highest BCUT2D eigenvalue weighted by atomic mass is 16.5. The van der Waals surface area contributed by atoms with Gasteiger partial charge in [-0.15, -0.1) is 0 Å². The topological polar surface area (TPSA) is 38.8 Å². The molecule has 0 aliphatic carbocycles. The first-order valence-electron chi connectivity index (χ1n) is 9.69. The monoisotopic (exact) mass is 367 g/mol. The van der Waals surface area contributed by atoms with Gasteiger partial charge in [0.1, 0.15) is 12.4 Å². The number of hydrogen-bond donors (Lipinski definition) is 0. The van der Waals surface area contributed by atoms with Gasteiger partial charge < -0.3 is 14.4 Å². The lowest BCUT2D eigenvalue weighted by Gasteiger charge is -2.35. The van der Waals surface area contributed by atoms with Gasteiger partial charge in [-0.25, -0.2) is 0 Å². The van der Waals surface area contributed by atoms with Gasteiger partial charge >= 0.3 is 0 Å². The molecule has 0 aromatic heterocycles. The predicted molar refractivity (Wildman–Crippen MR) is 107 cm³/mol. The molecule has 1 saturated heterocycles. The van der Waals surface area contributed by atoms with Crippen molar-refractivity contribution in [2.24, 2.45) is 0 Å². The van der Waals surface area contributed by atoms with Crippen molar-refractivity contribution in [3.05, 3.63) is 65.2 Å². The Morgan fingerprint density at radius 3 is 2.19 bits per heavy atom. The summed E-state index contributed by atoms with van der Waals surface area (Å²) in [7, 11) is 0. The Hall–Kier alpha value is -2.33. The van der Waals surface area contributed by atoms with E-state index in [9.17, 15) is 4.79 Å². The highest BCUT2D eigenvalue weighted by molar-refractivity contribution is 5.94. The zero-order valence-electron chi connectivity index (χ0n) is 16.6. The lowest BCUT2D eigenvalue weighted by Crippen LogP contribution is -2.48. The van der Waals surface area contributed by atoms with Crippen molar-refractivity contribution in [3.8, 4) is 5.75 Å². The van der Waals surface area contributed by atoms with E-state index in [1.807, 2.05) is 55.1 Å². The Morgan fingerprint density at radius 1 is 1.04 bits per heavy atom. The first-order valence-corrected chi connectivity index (χ1v) is 9.69. The fourth-order valence-electron chi connectivity index (χ4n) is 3.39. The number of hydrogen-bond acceptors (Lipinski definition) is 3. The molecule has 1 aliphatic heterocycles. The molecular formula is C23H29NO3. The van der Waals surface area contributed by atoms with Crippen molar-refractivity contribution >= 4 is 5.91 Å². The van der Waals surface area contributed by atoms with Crippen LogP contribution in [0.5, 0.6) is 5.75 Å². The van der Waals surface area contributed by atoms with Crippen LogP contribution in [0.3, 0.4) is 0 Å². The molecular weight excluding hydrogens is 338 g/mol. The number of ether oxygens (including phenoxy) is 2. The molecule has 1 amide bonds. The molecule has 4 nitrogen and oxygen atoms in total. The molecule has 144 valence electrons. The number of benzene rings is 2. The zero-order valence-corrected chi connectivity index (χ0v) is 16.6. The van der Waals surface area contributed by atoms with Gasteiger partial charge in [-0.05, 0) is 55.2 Å². The molecule has 2 aromatic carbocycles. The third-order valence-electron chi connectivity index (χ3n) is 4.86. The van der Waals surface area contributed by atoms with E-state index in [1.54, 1.807) is 0 Å². The van der Waals surface area contributed by atoms with Crippen LogP contribution in [0.2, 0.25) is 0 Å². The van der Waals surface area contributed by atoms with Crippen LogP contribution in [-0.2, 0) is 11.3 Å². The molecule has 1 fully saturated rings.